The predicted octanol–water partition coefficient (Wildman–Crippen LogP) is 1.54. The summed E-state index contributed by atoms with van der Waals surface area (Å²) < 4.78 is 36.1. The minimum atomic E-state index is -3.24. The number of halogens is 1. The van der Waals surface area contributed by atoms with Gasteiger partial charge in [0.1, 0.15) is 5.82 Å². The summed E-state index contributed by atoms with van der Waals surface area (Å²) >= 11 is 0. The molecule has 0 aliphatic rings. The Morgan fingerprint density at radius 3 is 2.71 bits per heavy atom. The van der Waals surface area contributed by atoms with E-state index in [1.54, 1.807) is 0 Å². The number of nitrogens with two attached hydrogens (primary N) is 1. The van der Waals surface area contributed by atoms with Crippen molar-refractivity contribution in [2.75, 3.05) is 18.1 Å². The molecule has 0 spiro atoms. The number of hydrogen-bond acceptors (Lipinski definition) is 3. The van der Waals surface area contributed by atoms with Crippen LogP contribution in [0.2, 0.25) is 0 Å². The minimum absolute atomic E-state index is 0.235. The lowest BCUT2D eigenvalue weighted by molar-refractivity contribution is 0.600. The van der Waals surface area contributed by atoms with Crippen molar-refractivity contribution in [3.8, 4) is 0 Å². The zero-order chi connectivity index (χ0) is 15.9. The van der Waals surface area contributed by atoms with Gasteiger partial charge in [0, 0.05) is 18.5 Å². The SMILES string of the molecule is CCCN=C(N=CN)Nc1cc(F)cc(CS(C)(=O)=O)c1. The molecule has 0 unspecified atom stereocenters. The zero-order valence-corrected chi connectivity index (χ0v) is 12.8. The summed E-state index contributed by atoms with van der Waals surface area (Å²) in [6, 6.07) is 3.96. The van der Waals surface area contributed by atoms with E-state index in [2.05, 4.69) is 15.3 Å². The third-order valence-corrected chi connectivity index (χ3v) is 3.18. The highest BCUT2D eigenvalue weighted by Gasteiger charge is 2.08. The van der Waals surface area contributed by atoms with Crippen LogP contribution in [0.25, 0.3) is 0 Å². The van der Waals surface area contributed by atoms with Crippen LogP contribution in [0.4, 0.5) is 10.1 Å². The van der Waals surface area contributed by atoms with Gasteiger partial charge in [0.05, 0.1) is 12.1 Å². The molecule has 0 aromatic heterocycles. The fourth-order valence-corrected chi connectivity index (χ4v) is 2.41. The predicted molar refractivity (Wildman–Crippen MR) is 83.8 cm³/mol. The molecule has 0 saturated heterocycles. The van der Waals surface area contributed by atoms with Crippen LogP contribution in [-0.2, 0) is 15.6 Å². The fraction of sp³-hybridized carbons (Fsp3) is 0.385. The number of sulfone groups is 1. The Balaban J connectivity index is 3.01. The highest BCUT2D eigenvalue weighted by molar-refractivity contribution is 7.89. The third-order valence-electron chi connectivity index (χ3n) is 2.32. The Kier molecular flexibility index (Phi) is 6.29. The zero-order valence-electron chi connectivity index (χ0n) is 12.0. The first-order chi connectivity index (χ1) is 9.84. The monoisotopic (exact) mass is 314 g/mol. The number of nitrogens with one attached hydrogen (secondary N) is 1. The number of hydrogen-bond donors (Lipinski definition) is 2. The summed E-state index contributed by atoms with van der Waals surface area (Å²) in [5.74, 6) is -0.526. The first-order valence-electron chi connectivity index (χ1n) is 6.37. The maximum Gasteiger partial charge on any atom is 0.223 e. The maximum absolute atomic E-state index is 13.6. The van der Waals surface area contributed by atoms with Crippen molar-refractivity contribution in [3.05, 3.63) is 29.6 Å². The lowest BCUT2D eigenvalue weighted by atomic mass is 10.2. The summed E-state index contributed by atoms with van der Waals surface area (Å²) in [6.45, 7) is 2.50. The molecule has 0 bridgehead atoms. The van der Waals surface area contributed by atoms with Gasteiger partial charge < -0.3 is 11.1 Å². The summed E-state index contributed by atoms with van der Waals surface area (Å²) in [7, 11) is -3.24. The number of benzene rings is 1. The number of anilines is 1. The molecule has 21 heavy (non-hydrogen) atoms. The van der Waals surface area contributed by atoms with Crippen molar-refractivity contribution in [1.82, 2.24) is 0 Å². The first kappa shape index (κ1) is 17.1. The van der Waals surface area contributed by atoms with Gasteiger partial charge in [-0.05, 0) is 30.2 Å². The van der Waals surface area contributed by atoms with E-state index in [0.717, 1.165) is 19.0 Å². The van der Waals surface area contributed by atoms with Crippen LogP contribution in [0.3, 0.4) is 0 Å². The average Bonchev–Trinajstić information content (AvgIpc) is 2.33. The molecule has 8 heteroatoms. The molecule has 0 heterocycles. The molecule has 1 aromatic rings. The number of guanidine groups is 1. The molecule has 0 fully saturated rings. The van der Waals surface area contributed by atoms with E-state index in [1.807, 2.05) is 6.92 Å². The van der Waals surface area contributed by atoms with Crippen molar-refractivity contribution in [3.63, 3.8) is 0 Å². The highest BCUT2D eigenvalue weighted by Crippen LogP contribution is 2.16. The second kappa shape index (κ2) is 7.72. The molecule has 0 aliphatic heterocycles. The van der Waals surface area contributed by atoms with Crippen LogP contribution in [0.15, 0.2) is 28.2 Å². The van der Waals surface area contributed by atoms with Gasteiger partial charge in [0.15, 0.2) is 9.84 Å². The minimum Gasteiger partial charge on any atom is -0.390 e. The molecule has 0 amide bonds. The van der Waals surface area contributed by atoms with Crippen LogP contribution in [0.5, 0.6) is 0 Å². The Hall–Kier alpha value is -1.96. The van der Waals surface area contributed by atoms with Gasteiger partial charge in [0.25, 0.3) is 0 Å². The number of nitrogens with zero attached hydrogens (tertiary/aromatic N) is 2. The lowest BCUT2D eigenvalue weighted by Gasteiger charge is -2.08. The molecule has 3 N–H and O–H groups in total. The fourth-order valence-electron chi connectivity index (χ4n) is 1.64. The van der Waals surface area contributed by atoms with Gasteiger partial charge in [-0.25, -0.2) is 17.8 Å². The van der Waals surface area contributed by atoms with E-state index in [9.17, 15) is 12.8 Å². The lowest BCUT2D eigenvalue weighted by Crippen LogP contribution is -2.12. The van der Waals surface area contributed by atoms with Crippen molar-refractivity contribution in [2.45, 2.75) is 19.1 Å². The maximum atomic E-state index is 13.6. The van der Waals surface area contributed by atoms with E-state index < -0.39 is 15.7 Å². The van der Waals surface area contributed by atoms with Crippen LogP contribution in [0, 0.1) is 5.82 Å². The molecular weight excluding hydrogens is 295 g/mol. The Morgan fingerprint density at radius 2 is 2.14 bits per heavy atom. The molecule has 0 saturated carbocycles. The second-order valence-corrected chi connectivity index (χ2v) is 6.67. The molecule has 0 aliphatic carbocycles. The first-order valence-corrected chi connectivity index (χ1v) is 8.43. The van der Waals surface area contributed by atoms with E-state index in [4.69, 9.17) is 5.73 Å². The van der Waals surface area contributed by atoms with E-state index >= 15 is 0 Å². The van der Waals surface area contributed by atoms with Gasteiger partial charge in [-0.3, -0.25) is 4.99 Å². The van der Waals surface area contributed by atoms with Gasteiger partial charge in [0.2, 0.25) is 5.96 Å². The van der Waals surface area contributed by atoms with Gasteiger partial charge in [-0.1, -0.05) is 6.92 Å². The van der Waals surface area contributed by atoms with Crippen molar-refractivity contribution in [1.29, 1.82) is 0 Å². The summed E-state index contributed by atoms with van der Waals surface area (Å²) in [6.07, 6.45) is 3.00. The van der Waals surface area contributed by atoms with E-state index in [-0.39, 0.29) is 11.7 Å². The Labute approximate surface area is 123 Å². The van der Waals surface area contributed by atoms with E-state index in [0.29, 0.717) is 17.8 Å². The van der Waals surface area contributed by atoms with Gasteiger partial charge >= 0.3 is 0 Å². The molecular formula is C13H19FN4O2S. The second-order valence-electron chi connectivity index (χ2n) is 4.53. The van der Waals surface area contributed by atoms with Gasteiger partial charge in [-0.15, -0.1) is 0 Å². The average molecular weight is 314 g/mol. The highest BCUT2D eigenvalue weighted by atomic mass is 32.2. The number of rotatable bonds is 5. The quantitative estimate of drug-likeness (QED) is 0.636. The topological polar surface area (TPSA) is 96.9 Å². The Morgan fingerprint density at radius 1 is 1.43 bits per heavy atom. The molecule has 6 nitrogen and oxygen atoms in total. The van der Waals surface area contributed by atoms with Crippen molar-refractivity contribution < 1.29 is 12.8 Å². The Bertz CT molecular complexity index is 642. The standard InChI is InChI=1S/C13H19FN4O2S/c1-3-4-16-13(17-9-15)18-12-6-10(5-11(14)7-12)8-21(2,19)20/h5-7,9H,3-4,8H2,1-2H3,(H3,15,16,17,18). The molecule has 1 aromatic carbocycles. The van der Waals surface area contributed by atoms with Crippen LogP contribution < -0.4 is 11.1 Å². The third kappa shape index (κ3) is 6.84. The van der Waals surface area contributed by atoms with Crippen molar-refractivity contribution >= 4 is 27.8 Å². The van der Waals surface area contributed by atoms with Crippen LogP contribution >= 0.6 is 0 Å². The molecule has 0 radical (unpaired) electrons. The van der Waals surface area contributed by atoms with Gasteiger partial charge in [-0.2, -0.15) is 0 Å². The number of aliphatic imine (C=N–C) groups is 2. The normalized spacial score (nSPS) is 12.8. The van der Waals surface area contributed by atoms with Crippen molar-refractivity contribution in [2.24, 2.45) is 15.7 Å². The summed E-state index contributed by atoms with van der Waals surface area (Å²) in [4.78, 5) is 7.99. The molecule has 1 rings (SSSR count). The molecule has 0 atom stereocenters. The molecule has 116 valence electrons. The largest absolute Gasteiger partial charge is 0.390 e. The summed E-state index contributed by atoms with van der Waals surface area (Å²) in [5, 5.41) is 2.82. The van der Waals surface area contributed by atoms with Crippen LogP contribution in [-0.4, -0.2) is 33.5 Å². The van der Waals surface area contributed by atoms with E-state index in [1.165, 1.54) is 18.2 Å². The van der Waals surface area contributed by atoms with Crippen LogP contribution in [0.1, 0.15) is 18.9 Å². The summed E-state index contributed by atoms with van der Waals surface area (Å²) in [5.41, 5.74) is 5.95. The smallest absolute Gasteiger partial charge is 0.223 e.